The summed E-state index contributed by atoms with van der Waals surface area (Å²) < 4.78 is 1.38. The molecule has 3 aliphatic heterocycles. The first-order chi connectivity index (χ1) is 9.52. The van der Waals surface area contributed by atoms with Gasteiger partial charge in [-0.3, -0.25) is 9.79 Å². The molecule has 0 bridgehead atoms. The normalized spacial score (nSPS) is 28.9. The Bertz CT molecular complexity index is 571. The number of quaternary nitrogens is 1. The van der Waals surface area contributed by atoms with Crippen LogP contribution in [0.3, 0.4) is 0 Å². The lowest BCUT2D eigenvalue weighted by Gasteiger charge is -2.35. The summed E-state index contributed by atoms with van der Waals surface area (Å²) in [6.45, 7) is 4.72. The predicted molar refractivity (Wildman–Crippen MR) is 81.0 cm³/mol. The van der Waals surface area contributed by atoms with E-state index in [2.05, 4.69) is 37.9 Å². The number of hydrogen-bond donors (Lipinski definition) is 0. The van der Waals surface area contributed by atoms with Crippen molar-refractivity contribution in [2.45, 2.75) is 6.92 Å². The molecule has 3 aliphatic rings. The first kappa shape index (κ1) is 13.5. The summed E-state index contributed by atoms with van der Waals surface area (Å²) in [5.41, 5.74) is 1.07. The van der Waals surface area contributed by atoms with Gasteiger partial charge in [0.05, 0.1) is 19.5 Å². The lowest BCUT2D eigenvalue weighted by molar-refractivity contribution is -0.709. The Morgan fingerprint density at radius 2 is 2.05 bits per heavy atom. The maximum Gasteiger partial charge on any atom is 0.283 e. The van der Waals surface area contributed by atoms with Gasteiger partial charge in [-0.2, -0.15) is 4.99 Å². The minimum absolute atomic E-state index is 0.140. The molecule has 3 heterocycles. The summed E-state index contributed by atoms with van der Waals surface area (Å²) >= 11 is 3.55. The monoisotopic (exact) mass is 338 g/mol. The van der Waals surface area contributed by atoms with Gasteiger partial charge in [0.1, 0.15) is 6.20 Å². The molecule has 1 atom stereocenters. The highest BCUT2D eigenvalue weighted by atomic mass is 79.9. The first-order valence-electron chi connectivity index (χ1n) is 6.59. The second-order valence-corrected chi connectivity index (χ2v) is 5.94. The number of amides is 1. The number of carbonyl (C=O) groups is 1. The molecule has 0 aromatic carbocycles. The van der Waals surface area contributed by atoms with Gasteiger partial charge in [0.2, 0.25) is 11.6 Å². The highest BCUT2D eigenvalue weighted by molar-refractivity contribution is 9.18. The lowest BCUT2D eigenvalue weighted by atomic mass is 10.2. The van der Waals surface area contributed by atoms with Gasteiger partial charge in [0, 0.05) is 49.0 Å². The second-order valence-electron chi connectivity index (χ2n) is 5.23. The maximum absolute atomic E-state index is 11.4. The van der Waals surface area contributed by atoms with Crippen molar-refractivity contribution >= 4 is 32.8 Å². The standard InChI is InChI=1S/C13H17BrN5O/c1-10(20)17-4-6-18(7-5-17)12-11-9-15-3-8-19(11,2)13(14)16-12/h3,8-9H,4-7H2,1-2H3/q+1. The van der Waals surface area contributed by atoms with Gasteiger partial charge in [-0.15, -0.1) is 0 Å². The van der Waals surface area contributed by atoms with E-state index < -0.39 is 0 Å². The fraction of sp³-hybridized carbons (Fsp3) is 0.462. The molecule has 106 valence electrons. The van der Waals surface area contributed by atoms with Crippen molar-refractivity contribution < 1.29 is 9.28 Å². The molecule has 1 fully saturated rings. The van der Waals surface area contributed by atoms with Crippen molar-refractivity contribution in [3.63, 3.8) is 0 Å². The number of allylic oxidation sites excluding steroid dienone is 1. The van der Waals surface area contributed by atoms with E-state index in [0.29, 0.717) is 4.48 Å². The number of aliphatic imine (C=N–C) groups is 2. The van der Waals surface area contributed by atoms with E-state index in [-0.39, 0.29) is 5.91 Å². The molecule has 7 heteroatoms. The third-order valence-electron chi connectivity index (χ3n) is 3.98. The Kier molecular flexibility index (Phi) is 3.25. The van der Waals surface area contributed by atoms with Crippen molar-refractivity contribution in [1.82, 2.24) is 9.80 Å². The van der Waals surface area contributed by atoms with E-state index in [0.717, 1.165) is 42.4 Å². The van der Waals surface area contributed by atoms with Crippen LogP contribution in [0.25, 0.3) is 0 Å². The third kappa shape index (κ3) is 2.01. The zero-order chi connectivity index (χ0) is 14.3. The van der Waals surface area contributed by atoms with Crippen LogP contribution in [0.15, 0.2) is 33.9 Å². The van der Waals surface area contributed by atoms with E-state index in [1.54, 1.807) is 13.1 Å². The fourth-order valence-electron chi connectivity index (χ4n) is 2.63. The number of halogens is 1. The number of carbonyl (C=O) groups excluding carboxylic acids is 1. The summed E-state index contributed by atoms with van der Waals surface area (Å²) in [7, 11) is 2.07. The third-order valence-corrected chi connectivity index (χ3v) is 4.90. The number of rotatable bonds is 1. The summed E-state index contributed by atoms with van der Waals surface area (Å²) in [5.74, 6) is 1.09. The van der Waals surface area contributed by atoms with Crippen molar-refractivity contribution in [1.29, 1.82) is 0 Å². The van der Waals surface area contributed by atoms with E-state index in [9.17, 15) is 4.79 Å². The summed E-state index contributed by atoms with van der Waals surface area (Å²) in [5, 5.41) is 0. The molecule has 1 amide bonds. The van der Waals surface area contributed by atoms with Gasteiger partial charge in [-0.25, -0.2) is 4.48 Å². The Labute approximate surface area is 126 Å². The van der Waals surface area contributed by atoms with Gasteiger partial charge in [0.15, 0.2) is 5.82 Å². The average Bonchev–Trinajstić information content (AvgIpc) is 2.71. The first-order valence-corrected chi connectivity index (χ1v) is 7.39. The quantitative estimate of drug-likeness (QED) is 0.530. The average molecular weight is 339 g/mol. The van der Waals surface area contributed by atoms with E-state index in [1.807, 2.05) is 17.3 Å². The number of piperazine rings is 1. The van der Waals surface area contributed by atoms with Crippen molar-refractivity contribution in [2.24, 2.45) is 9.98 Å². The Hall–Kier alpha value is -1.47. The van der Waals surface area contributed by atoms with Crippen LogP contribution >= 0.6 is 15.9 Å². The van der Waals surface area contributed by atoms with Gasteiger partial charge < -0.3 is 9.80 Å². The molecule has 0 radical (unpaired) electrons. The highest BCUT2D eigenvalue weighted by Gasteiger charge is 2.42. The number of hydrogen-bond acceptors (Lipinski definition) is 4. The molecule has 0 aromatic heterocycles. The predicted octanol–water partition coefficient (Wildman–Crippen LogP) is 1.09. The van der Waals surface area contributed by atoms with Gasteiger partial charge in [-0.1, -0.05) is 0 Å². The van der Waals surface area contributed by atoms with E-state index >= 15 is 0 Å². The van der Waals surface area contributed by atoms with Crippen molar-refractivity contribution in [3.8, 4) is 0 Å². The van der Waals surface area contributed by atoms with Crippen LogP contribution in [-0.4, -0.2) is 64.4 Å². The Morgan fingerprint density at radius 3 is 2.70 bits per heavy atom. The zero-order valence-corrected chi connectivity index (χ0v) is 13.2. The maximum atomic E-state index is 11.4. The minimum atomic E-state index is 0.140. The summed E-state index contributed by atoms with van der Waals surface area (Å²) in [6.07, 6.45) is 5.66. The highest BCUT2D eigenvalue weighted by Crippen LogP contribution is 2.33. The fourth-order valence-corrected chi connectivity index (χ4v) is 3.10. The van der Waals surface area contributed by atoms with Crippen LogP contribution in [0.5, 0.6) is 0 Å². The molecule has 0 aromatic rings. The largest absolute Gasteiger partial charge is 0.348 e. The number of amidine groups is 1. The Balaban J connectivity index is 1.85. The number of nitrogens with zero attached hydrogens (tertiary/aromatic N) is 5. The van der Waals surface area contributed by atoms with Gasteiger partial charge >= 0.3 is 0 Å². The number of fused-ring (bicyclic) bond motifs is 1. The molecular formula is C13H17BrN5O+. The van der Waals surface area contributed by atoms with E-state index in [4.69, 9.17) is 0 Å². The molecule has 6 nitrogen and oxygen atoms in total. The molecule has 20 heavy (non-hydrogen) atoms. The molecule has 0 N–H and O–H groups in total. The van der Waals surface area contributed by atoms with Gasteiger partial charge in [0.25, 0.3) is 4.74 Å². The second kappa shape index (κ2) is 4.82. The molecule has 3 rings (SSSR count). The van der Waals surface area contributed by atoms with Crippen LogP contribution in [0, 0.1) is 0 Å². The van der Waals surface area contributed by atoms with E-state index in [1.165, 1.54) is 0 Å². The smallest absolute Gasteiger partial charge is 0.283 e. The SMILES string of the molecule is CC(=O)N1CCN(C2=C3C=NC=C[N+]3(C)C(Br)=N2)CC1. The summed E-state index contributed by atoms with van der Waals surface area (Å²) in [6, 6.07) is 0. The van der Waals surface area contributed by atoms with Crippen molar-refractivity contribution in [2.75, 3.05) is 33.2 Å². The van der Waals surface area contributed by atoms with Crippen LogP contribution in [0.1, 0.15) is 6.92 Å². The topological polar surface area (TPSA) is 48.3 Å². The zero-order valence-electron chi connectivity index (χ0n) is 11.6. The Morgan fingerprint density at radius 1 is 1.35 bits per heavy atom. The molecule has 1 saturated heterocycles. The van der Waals surface area contributed by atoms with Crippen LogP contribution in [0.2, 0.25) is 0 Å². The van der Waals surface area contributed by atoms with Gasteiger partial charge in [-0.05, 0) is 0 Å². The van der Waals surface area contributed by atoms with Crippen molar-refractivity contribution in [3.05, 3.63) is 23.9 Å². The van der Waals surface area contributed by atoms with Crippen LogP contribution in [-0.2, 0) is 4.79 Å². The molecule has 0 saturated carbocycles. The minimum Gasteiger partial charge on any atom is -0.348 e. The van der Waals surface area contributed by atoms with Crippen LogP contribution < -0.4 is 0 Å². The molecular weight excluding hydrogens is 322 g/mol. The molecule has 0 spiro atoms. The lowest BCUT2D eigenvalue weighted by Crippen LogP contribution is -2.48. The summed E-state index contributed by atoms with van der Waals surface area (Å²) in [4.78, 5) is 24.4. The molecule has 1 unspecified atom stereocenters. The van der Waals surface area contributed by atoms with Crippen LogP contribution in [0.4, 0.5) is 0 Å². The molecule has 0 aliphatic carbocycles.